The van der Waals surface area contributed by atoms with Gasteiger partial charge in [0.1, 0.15) is 0 Å². The monoisotopic (exact) mass is 438 g/mol. The third-order valence-corrected chi connectivity index (χ3v) is 6.29. The normalized spacial score (nSPS) is 17.0. The van der Waals surface area contributed by atoms with Crippen LogP contribution in [0, 0.1) is 0 Å². The lowest BCUT2D eigenvalue weighted by atomic mass is 9.93. The van der Waals surface area contributed by atoms with Crippen LogP contribution in [0.15, 0.2) is 59.3 Å². The second-order valence-corrected chi connectivity index (χ2v) is 8.34. The molecule has 2 aromatic rings. The fourth-order valence-electron chi connectivity index (χ4n) is 3.85. The Balaban J connectivity index is 1.54. The number of phenolic OH excluding ortho intramolecular Hbond substituents is 2. The molecule has 2 aliphatic carbocycles. The second-order valence-electron chi connectivity index (χ2n) is 7.88. The van der Waals surface area contributed by atoms with Crippen molar-refractivity contribution in [2.45, 2.75) is 31.1 Å². The van der Waals surface area contributed by atoms with Gasteiger partial charge in [0.2, 0.25) is 5.91 Å². The SMILES string of the molecule is CNC(=O)c1ccc(C2=C(Cl)CCC(NC(=O)C3(c4ccc(O)c(O)c4)CC3)=C2)cc1. The van der Waals surface area contributed by atoms with Crippen LogP contribution in [-0.4, -0.2) is 29.1 Å². The van der Waals surface area contributed by atoms with Crippen molar-refractivity contribution in [3.05, 3.63) is 76.0 Å². The molecule has 0 saturated heterocycles. The minimum atomic E-state index is -0.688. The lowest BCUT2D eigenvalue weighted by Crippen LogP contribution is -2.34. The van der Waals surface area contributed by atoms with E-state index in [2.05, 4.69) is 10.6 Å². The van der Waals surface area contributed by atoms with E-state index in [-0.39, 0.29) is 23.3 Å². The van der Waals surface area contributed by atoms with Crippen molar-refractivity contribution >= 4 is 29.0 Å². The molecule has 2 aliphatic rings. The number of allylic oxidation sites excluding steroid dienone is 4. The molecule has 0 aromatic heterocycles. The lowest BCUT2D eigenvalue weighted by molar-refractivity contribution is -0.122. The molecule has 0 radical (unpaired) electrons. The standard InChI is InChI=1S/C24H23ClN2O4/c1-26-22(30)15-4-2-14(3-5-15)18-13-17(7-8-19(18)25)27-23(31)24(10-11-24)16-6-9-20(28)21(29)12-16/h2-6,9,12-13,28-29H,7-8,10-11H2,1H3,(H,26,30)(H,27,31). The number of benzene rings is 2. The van der Waals surface area contributed by atoms with Gasteiger partial charge in [-0.25, -0.2) is 0 Å². The van der Waals surface area contributed by atoms with E-state index in [0.717, 1.165) is 16.8 Å². The van der Waals surface area contributed by atoms with Crippen LogP contribution in [0.4, 0.5) is 0 Å². The zero-order chi connectivity index (χ0) is 22.2. The fourth-order valence-corrected chi connectivity index (χ4v) is 4.10. The van der Waals surface area contributed by atoms with E-state index >= 15 is 0 Å². The van der Waals surface area contributed by atoms with Crippen LogP contribution in [0.5, 0.6) is 11.5 Å². The smallest absolute Gasteiger partial charge is 0.251 e. The van der Waals surface area contributed by atoms with Crippen molar-refractivity contribution in [1.29, 1.82) is 0 Å². The van der Waals surface area contributed by atoms with Crippen LogP contribution in [0.25, 0.3) is 5.57 Å². The number of hydrogen-bond donors (Lipinski definition) is 4. The number of halogens is 1. The van der Waals surface area contributed by atoms with Crippen molar-refractivity contribution in [1.82, 2.24) is 10.6 Å². The number of hydrogen-bond acceptors (Lipinski definition) is 4. The van der Waals surface area contributed by atoms with E-state index in [1.165, 1.54) is 12.1 Å². The Morgan fingerprint density at radius 2 is 1.71 bits per heavy atom. The number of carbonyl (C=O) groups is 2. The molecule has 1 saturated carbocycles. The largest absolute Gasteiger partial charge is 0.504 e. The van der Waals surface area contributed by atoms with Gasteiger partial charge in [0.25, 0.3) is 5.91 Å². The first-order valence-corrected chi connectivity index (χ1v) is 10.5. The molecule has 6 nitrogen and oxygen atoms in total. The molecule has 0 aliphatic heterocycles. The van der Waals surface area contributed by atoms with Gasteiger partial charge < -0.3 is 20.8 Å². The van der Waals surface area contributed by atoms with Crippen LogP contribution in [0.1, 0.15) is 47.2 Å². The summed E-state index contributed by atoms with van der Waals surface area (Å²) in [6.45, 7) is 0. The van der Waals surface area contributed by atoms with Crippen molar-refractivity contribution in [3.8, 4) is 11.5 Å². The van der Waals surface area contributed by atoms with E-state index in [0.29, 0.717) is 41.8 Å². The third kappa shape index (κ3) is 4.03. The van der Waals surface area contributed by atoms with Gasteiger partial charge in [-0.05, 0) is 72.7 Å². The van der Waals surface area contributed by atoms with Gasteiger partial charge in [0, 0.05) is 23.3 Å². The Bertz CT molecular complexity index is 1110. The molecule has 0 spiro atoms. The summed E-state index contributed by atoms with van der Waals surface area (Å²) in [6, 6.07) is 11.7. The van der Waals surface area contributed by atoms with Crippen molar-refractivity contribution in [3.63, 3.8) is 0 Å². The summed E-state index contributed by atoms with van der Waals surface area (Å²) in [5, 5.41) is 25.7. The third-order valence-electron chi connectivity index (χ3n) is 5.90. The number of carbonyl (C=O) groups excluding carboxylic acids is 2. The highest BCUT2D eigenvalue weighted by atomic mass is 35.5. The number of nitrogens with one attached hydrogen (secondary N) is 2. The van der Waals surface area contributed by atoms with Crippen molar-refractivity contribution < 1.29 is 19.8 Å². The first-order valence-electron chi connectivity index (χ1n) is 10.1. The second kappa shape index (κ2) is 8.12. The van der Waals surface area contributed by atoms with E-state index in [1.54, 1.807) is 25.2 Å². The molecule has 0 atom stereocenters. The molecule has 4 rings (SSSR count). The molecule has 160 valence electrons. The maximum atomic E-state index is 13.1. The minimum Gasteiger partial charge on any atom is -0.504 e. The summed E-state index contributed by atoms with van der Waals surface area (Å²) < 4.78 is 0. The average Bonchev–Trinajstić information content (AvgIpc) is 3.59. The molecule has 0 bridgehead atoms. The molecular weight excluding hydrogens is 416 g/mol. The van der Waals surface area contributed by atoms with Gasteiger partial charge in [-0.15, -0.1) is 0 Å². The maximum Gasteiger partial charge on any atom is 0.251 e. The highest BCUT2D eigenvalue weighted by Crippen LogP contribution is 2.50. The summed E-state index contributed by atoms with van der Waals surface area (Å²) in [5.74, 6) is -0.725. The first kappa shape index (κ1) is 21.0. The highest BCUT2D eigenvalue weighted by Gasteiger charge is 2.51. The van der Waals surface area contributed by atoms with Gasteiger partial charge in [0.15, 0.2) is 11.5 Å². The Hall–Kier alpha value is -3.25. The van der Waals surface area contributed by atoms with Crippen LogP contribution in [0.3, 0.4) is 0 Å². The van der Waals surface area contributed by atoms with Gasteiger partial charge in [-0.2, -0.15) is 0 Å². The zero-order valence-corrected chi connectivity index (χ0v) is 17.8. The average molecular weight is 439 g/mol. The molecule has 2 aromatic carbocycles. The molecule has 31 heavy (non-hydrogen) atoms. The van der Waals surface area contributed by atoms with E-state index in [9.17, 15) is 19.8 Å². The summed E-state index contributed by atoms with van der Waals surface area (Å²) in [7, 11) is 1.58. The molecular formula is C24H23ClN2O4. The van der Waals surface area contributed by atoms with Gasteiger partial charge in [-0.1, -0.05) is 29.8 Å². The number of amides is 2. The van der Waals surface area contributed by atoms with Crippen LogP contribution in [-0.2, 0) is 10.2 Å². The molecule has 7 heteroatoms. The summed E-state index contributed by atoms with van der Waals surface area (Å²) in [5.41, 5.74) is 3.02. The predicted molar refractivity (Wildman–Crippen MR) is 119 cm³/mol. The van der Waals surface area contributed by atoms with Crippen LogP contribution >= 0.6 is 11.6 Å². The summed E-state index contributed by atoms with van der Waals surface area (Å²) in [4.78, 5) is 24.8. The van der Waals surface area contributed by atoms with E-state index < -0.39 is 5.41 Å². The van der Waals surface area contributed by atoms with Gasteiger partial charge >= 0.3 is 0 Å². The van der Waals surface area contributed by atoms with Gasteiger partial charge in [-0.3, -0.25) is 9.59 Å². The molecule has 0 heterocycles. The quantitative estimate of drug-likeness (QED) is 0.531. The zero-order valence-electron chi connectivity index (χ0n) is 17.0. The molecule has 0 unspecified atom stereocenters. The number of rotatable bonds is 5. The maximum absolute atomic E-state index is 13.1. The minimum absolute atomic E-state index is 0.129. The Kier molecular flexibility index (Phi) is 5.50. The Labute approximate surface area is 185 Å². The highest BCUT2D eigenvalue weighted by molar-refractivity contribution is 6.33. The van der Waals surface area contributed by atoms with E-state index in [4.69, 9.17) is 11.6 Å². The number of aromatic hydroxyl groups is 2. The summed E-state index contributed by atoms with van der Waals surface area (Å²) >= 11 is 6.47. The lowest BCUT2D eigenvalue weighted by Gasteiger charge is -2.21. The fraction of sp³-hybridized carbons (Fsp3) is 0.250. The van der Waals surface area contributed by atoms with E-state index in [1.807, 2.05) is 18.2 Å². The molecule has 4 N–H and O–H groups in total. The molecule has 1 fully saturated rings. The predicted octanol–water partition coefficient (Wildman–Crippen LogP) is 3.93. The Morgan fingerprint density at radius 1 is 1.00 bits per heavy atom. The van der Waals surface area contributed by atoms with Gasteiger partial charge in [0.05, 0.1) is 5.41 Å². The van der Waals surface area contributed by atoms with Crippen LogP contribution < -0.4 is 10.6 Å². The summed E-state index contributed by atoms with van der Waals surface area (Å²) in [6.07, 6.45) is 4.46. The van der Waals surface area contributed by atoms with Crippen LogP contribution in [0.2, 0.25) is 0 Å². The Morgan fingerprint density at radius 3 is 2.32 bits per heavy atom. The first-order chi connectivity index (χ1) is 14.8. The topological polar surface area (TPSA) is 98.7 Å². The van der Waals surface area contributed by atoms with Crippen molar-refractivity contribution in [2.24, 2.45) is 0 Å². The van der Waals surface area contributed by atoms with Crippen molar-refractivity contribution in [2.75, 3.05) is 7.05 Å². The molecule has 2 amide bonds. The number of phenols is 2.